The molecule has 1 aromatic heterocycles. The predicted molar refractivity (Wildman–Crippen MR) is 70.5 cm³/mol. The van der Waals surface area contributed by atoms with Crippen LogP contribution in [0.2, 0.25) is 0 Å². The topological polar surface area (TPSA) is 134 Å². The molecule has 1 aromatic rings. The van der Waals surface area contributed by atoms with E-state index in [0.29, 0.717) is 0 Å². The fourth-order valence-corrected chi connectivity index (χ4v) is 2.38. The molecule has 20 heavy (non-hydrogen) atoms. The second-order valence-electron chi connectivity index (χ2n) is 4.24. The van der Waals surface area contributed by atoms with Gasteiger partial charge in [0, 0.05) is 18.7 Å². The standard InChI is InChI=1S/C9H13N2O7PS/c12-5-3-8(11-2-1-7(13)10-9(11)14)18-6(5)4-17-19(15,16)20/h1-2,5-6,8,12H,3-4H2,(H,10,13,14)(H2,15,16,20)/t5-,6+,8+/m0/s1. The lowest BCUT2D eigenvalue weighted by atomic mass is 10.2. The highest BCUT2D eigenvalue weighted by atomic mass is 32.5. The number of nitrogens with zero attached hydrogens (tertiary/aromatic N) is 1. The molecule has 0 bridgehead atoms. The fourth-order valence-electron chi connectivity index (χ4n) is 1.86. The minimum Gasteiger partial charge on any atom is -0.390 e. The Morgan fingerprint density at radius 1 is 1.55 bits per heavy atom. The summed E-state index contributed by atoms with van der Waals surface area (Å²) in [6.45, 7) is -4.13. The summed E-state index contributed by atoms with van der Waals surface area (Å²) in [7, 11) is 0. The van der Waals surface area contributed by atoms with Crippen LogP contribution in [-0.2, 0) is 21.1 Å². The lowest BCUT2D eigenvalue weighted by Crippen LogP contribution is -2.31. The molecule has 0 saturated carbocycles. The Balaban J connectivity index is 2.08. The van der Waals surface area contributed by atoms with Gasteiger partial charge in [0.25, 0.3) is 5.56 Å². The van der Waals surface area contributed by atoms with E-state index in [1.54, 1.807) is 0 Å². The van der Waals surface area contributed by atoms with Gasteiger partial charge in [-0.3, -0.25) is 14.3 Å². The van der Waals surface area contributed by atoms with Gasteiger partial charge in [-0.2, -0.15) is 0 Å². The summed E-state index contributed by atoms with van der Waals surface area (Å²) in [5.74, 6) is 0. The Kier molecular flexibility index (Phi) is 4.55. The van der Waals surface area contributed by atoms with Crippen molar-refractivity contribution in [2.75, 3.05) is 6.61 Å². The Morgan fingerprint density at radius 2 is 2.25 bits per heavy atom. The minimum atomic E-state index is -3.83. The molecular weight excluding hydrogens is 311 g/mol. The van der Waals surface area contributed by atoms with Crippen molar-refractivity contribution in [1.82, 2.24) is 9.55 Å². The van der Waals surface area contributed by atoms with Crippen LogP contribution in [-0.4, -0.2) is 43.3 Å². The predicted octanol–water partition coefficient (Wildman–Crippen LogP) is -1.59. The van der Waals surface area contributed by atoms with Gasteiger partial charge in [-0.1, -0.05) is 0 Å². The highest BCUT2D eigenvalue weighted by Crippen LogP contribution is 2.38. The summed E-state index contributed by atoms with van der Waals surface area (Å²) in [5.41, 5.74) is -1.20. The van der Waals surface area contributed by atoms with E-state index in [0.717, 1.165) is 10.6 Å². The molecule has 0 amide bonds. The van der Waals surface area contributed by atoms with Crippen molar-refractivity contribution >= 4 is 18.5 Å². The molecule has 0 radical (unpaired) electrons. The molecule has 0 aliphatic carbocycles. The van der Waals surface area contributed by atoms with Crippen molar-refractivity contribution in [3.05, 3.63) is 33.1 Å². The Morgan fingerprint density at radius 3 is 2.85 bits per heavy atom. The quantitative estimate of drug-likeness (QED) is 0.487. The highest BCUT2D eigenvalue weighted by molar-refractivity contribution is 8.06. The molecule has 1 aliphatic rings. The zero-order valence-electron chi connectivity index (χ0n) is 10.1. The van der Waals surface area contributed by atoms with Gasteiger partial charge < -0.3 is 24.2 Å². The minimum absolute atomic E-state index is 0.0969. The lowest BCUT2D eigenvalue weighted by Gasteiger charge is -2.17. The number of hydrogen-bond donors (Lipinski definition) is 4. The first-order valence-corrected chi connectivity index (χ1v) is 8.24. The third-order valence-electron chi connectivity index (χ3n) is 2.77. The zero-order valence-corrected chi connectivity index (χ0v) is 11.8. The van der Waals surface area contributed by atoms with Crippen LogP contribution < -0.4 is 11.2 Å². The molecule has 3 atom stereocenters. The average Bonchev–Trinajstić information content (AvgIpc) is 2.67. The van der Waals surface area contributed by atoms with Gasteiger partial charge in [0.1, 0.15) is 12.3 Å². The van der Waals surface area contributed by atoms with Gasteiger partial charge in [0.05, 0.1) is 12.7 Å². The summed E-state index contributed by atoms with van der Waals surface area (Å²) in [5, 5.41) is 9.79. The van der Waals surface area contributed by atoms with Crippen molar-refractivity contribution in [1.29, 1.82) is 0 Å². The van der Waals surface area contributed by atoms with Crippen LogP contribution in [0.1, 0.15) is 12.6 Å². The normalized spacial score (nSPS) is 26.9. The number of ether oxygens (including phenoxy) is 1. The van der Waals surface area contributed by atoms with Gasteiger partial charge in [0.2, 0.25) is 0 Å². The van der Waals surface area contributed by atoms with Crippen LogP contribution in [0, 0.1) is 0 Å². The first kappa shape index (κ1) is 15.5. The van der Waals surface area contributed by atoms with Crippen LogP contribution in [0.15, 0.2) is 21.9 Å². The molecule has 1 aliphatic heterocycles. The van der Waals surface area contributed by atoms with E-state index >= 15 is 0 Å². The first-order valence-electron chi connectivity index (χ1n) is 5.61. The second kappa shape index (κ2) is 5.86. The number of aliphatic hydroxyl groups excluding tert-OH is 1. The van der Waals surface area contributed by atoms with Crippen molar-refractivity contribution in [3.63, 3.8) is 0 Å². The maximum atomic E-state index is 11.6. The molecule has 0 unspecified atom stereocenters. The van der Waals surface area contributed by atoms with Gasteiger partial charge >= 0.3 is 12.4 Å². The Labute approximate surface area is 117 Å². The van der Waals surface area contributed by atoms with Gasteiger partial charge in [-0.05, 0) is 11.8 Å². The number of hydrogen-bond acceptors (Lipinski definition) is 6. The molecular formula is C9H13N2O7PS. The van der Waals surface area contributed by atoms with Crippen molar-refractivity contribution in [2.45, 2.75) is 24.9 Å². The third-order valence-corrected chi connectivity index (χ3v) is 3.57. The van der Waals surface area contributed by atoms with Gasteiger partial charge in [-0.15, -0.1) is 0 Å². The van der Waals surface area contributed by atoms with Crippen LogP contribution >= 0.6 is 6.72 Å². The maximum Gasteiger partial charge on any atom is 0.330 e. The number of aromatic nitrogens is 2. The van der Waals surface area contributed by atoms with Crippen molar-refractivity contribution in [3.8, 4) is 0 Å². The van der Waals surface area contributed by atoms with Crippen LogP contribution in [0.25, 0.3) is 0 Å². The van der Waals surface area contributed by atoms with E-state index in [1.807, 2.05) is 0 Å². The molecule has 2 rings (SSSR count). The molecule has 9 nitrogen and oxygen atoms in total. The van der Waals surface area contributed by atoms with Crippen molar-refractivity contribution < 1.29 is 24.2 Å². The van der Waals surface area contributed by atoms with E-state index in [2.05, 4.69) is 21.3 Å². The highest BCUT2D eigenvalue weighted by Gasteiger charge is 2.36. The van der Waals surface area contributed by atoms with E-state index < -0.39 is 36.4 Å². The lowest BCUT2D eigenvalue weighted by molar-refractivity contribution is -0.0427. The molecule has 2 heterocycles. The molecule has 1 saturated heterocycles. The van der Waals surface area contributed by atoms with Crippen LogP contribution in [0.5, 0.6) is 0 Å². The number of aliphatic hydroxyl groups is 1. The fraction of sp³-hybridized carbons (Fsp3) is 0.556. The van der Waals surface area contributed by atoms with Crippen LogP contribution in [0.4, 0.5) is 0 Å². The Hall–Kier alpha value is -0.870. The molecule has 4 N–H and O–H groups in total. The van der Waals surface area contributed by atoms with E-state index in [1.165, 1.54) is 6.20 Å². The monoisotopic (exact) mass is 324 g/mol. The SMILES string of the molecule is O=c1ccn([C@H]2C[C@H](O)[C@@H](COP(O)(O)=S)O2)c(=O)[nH]1. The largest absolute Gasteiger partial charge is 0.390 e. The van der Waals surface area contributed by atoms with Crippen molar-refractivity contribution in [2.24, 2.45) is 0 Å². The molecule has 112 valence electrons. The average molecular weight is 324 g/mol. The molecule has 1 fully saturated rings. The molecule has 11 heteroatoms. The van der Waals surface area contributed by atoms with E-state index in [4.69, 9.17) is 14.5 Å². The first-order chi connectivity index (χ1) is 9.26. The third kappa shape index (κ3) is 3.83. The van der Waals surface area contributed by atoms with Crippen LogP contribution in [0.3, 0.4) is 0 Å². The summed E-state index contributed by atoms with van der Waals surface area (Å²) in [6.07, 6.45) is -1.23. The number of rotatable bonds is 4. The maximum absolute atomic E-state index is 11.6. The van der Waals surface area contributed by atoms with Gasteiger partial charge in [0.15, 0.2) is 0 Å². The second-order valence-corrected chi connectivity index (χ2v) is 6.90. The summed E-state index contributed by atoms with van der Waals surface area (Å²) >= 11 is 4.28. The number of nitrogens with one attached hydrogen (secondary N) is 1. The number of aromatic amines is 1. The molecule has 0 spiro atoms. The summed E-state index contributed by atoms with van der Waals surface area (Å²) in [6, 6.07) is 1.15. The van der Waals surface area contributed by atoms with E-state index in [-0.39, 0.29) is 13.0 Å². The smallest absolute Gasteiger partial charge is 0.330 e. The summed E-state index contributed by atoms with van der Waals surface area (Å²) in [4.78, 5) is 42.5. The van der Waals surface area contributed by atoms with Gasteiger partial charge in [-0.25, -0.2) is 4.79 Å². The zero-order chi connectivity index (χ0) is 14.9. The Bertz CT molecular complexity index is 638. The molecule has 0 aromatic carbocycles. The summed E-state index contributed by atoms with van der Waals surface area (Å²) < 4.78 is 11.1. The number of H-pyrrole nitrogens is 1. The van der Waals surface area contributed by atoms with E-state index in [9.17, 15) is 14.7 Å².